The molecule has 2 N–H and O–H groups in total. The quantitative estimate of drug-likeness (QED) is 0.261. The van der Waals surface area contributed by atoms with Crippen LogP contribution in [0.15, 0.2) is 31.1 Å². The van der Waals surface area contributed by atoms with Gasteiger partial charge in [0, 0.05) is 43.2 Å². The Hall–Kier alpha value is -3.62. The molecule has 10 nitrogen and oxygen atoms in total. The van der Waals surface area contributed by atoms with E-state index in [-0.39, 0.29) is 31.8 Å². The van der Waals surface area contributed by atoms with Gasteiger partial charge in [0.2, 0.25) is 11.8 Å². The highest BCUT2D eigenvalue weighted by Gasteiger charge is 2.44. The number of aromatic nitrogens is 1. The Morgan fingerprint density at radius 3 is 2.47 bits per heavy atom. The van der Waals surface area contributed by atoms with E-state index in [1.807, 2.05) is 0 Å². The first kappa shape index (κ1) is 30.6. The van der Waals surface area contributed by atoms with Crippen LogP contribution in [0.4, 0.5) is 26.7 Å². The van der Waals surface area contributed by atoms with Gasteiger partial charge < -0.3 is 15.4 Å². The number of nitrogens with zero attached hydrogens (tertiary/aromatic N) is 3. The number of hydrogen-bond donors (Lipinski definition) is 2. The van der Waals surface area contributed by atoms with Crippen LogP contribution < -0.4 is 10.6 Å². The molecule has 0 aliphatic carbocycles. The van der Waals surface area contributed by atoms with Crippen molar-refractivity contribution in [2.75, 3.05) is 39.3 Å². The number of hydrogen-bond acceptors (Lipinski definition) is 7. The summed E-state index contributed by atoms with van der Waals surface area (Å²) in [6.07, 6.45) is -5.19. The van der Waals surface area contributed by atoms with Crippen molar-refractivity contribution >= 4 is 23.7 Å². The maximum atomic E-state index is 13.0. The van der Waals surface area contributed by atoms with Crippen LogP contribution in [-0.2, 0) is 14.3 Å². The molecule has 2 heterocycles. The van der Waals surface area contributed by atoms with Crippen LogP contribution in [0.5, 0.6) is 0 Å². The molecule has 210 valence electrons. The molecule has 2 rings (SSSR count). The standard InChI is InChI=1S/C23H28F5N5O5/c1-4-7-38-21(37)33-6-5-32(12-16(33)19(35)31-13-23(26,27)28)22(2,3)20(36)30-11-17(34)14-8-15(18(24)25)10-29-9-14/h4,8-10,16,18H,1,5-7,11-13H2,2-3H3,(H,30,36)(H,31,35)/t16-/m0/s1. The van der Waals surface area contributed by atoms with Gasteiger partial charge in [-0.3, -0.25) is 29.2 Å². The van der Waals surface area contributed by atoms with Gasteiger partial charge in [0.05, 0.1) is 12.1 Å². The molecule has 38 heavy (non-hydrogen) atoms. The second-order valence-corrected chi connectivity index (χ2v) is 8.83. The highest BCUT2D eigenvalue weighted by Crippen LogP contribution is 2.23. The van der Waals surface area contributed by atoms with Gasteiger partial charge in [-0.05, 0) is 19.9 Å². The van der Waals surface area contributed by atoms with Crippen LogP contribution in [0.25, 0.3) is 0 Å². The Balaban J connectivity index is 2.12. The van der Waals surface area contributed by atoms with E-state index in [9.17, 15) is 41.1 Å². The summed E-state index contributed by atoms with van der Waals surface area (Å²) in [7, 11) is 0. The maximum Gasteiger partial charge on any atom is 0.410 e. The molecule has 1 aliphatic rings. The van der Waals surface area contributed by atoms with Crippen LogP contribution >= 0.6 is 0 Å². The molecule has 3 amide bonds. The van der Waals surface area contributed by atoms with Gasteiger partial charge in [0.15, 0.2) is 5.78 Å². The number of ether oxygens (including phenoxy) is 1. The number of amides is 3. The largest absolute Gasteiger partial charge is 0.445 e. The predicted octanol–water partition coefficient (Wildman–Crippen LogP) is 2.08. The van der Waals surface area contributed by atoms with E-state index in [2.05, 4.69) is 16.9 Å². The molecule has 1 saturated heterocycles. The lowest BCUT2D eigenvalue weighted by Crippen LogP contribution is -2.67. The minimum absolute atomic E-state index is 0.0426. The lowest BCUT2D eigenvalue weighted by molar-refractivity contribution is -0.145. The van der Waals surface area contributed by atoms with E-state index in [1.54, 1.807) is 5.32 Å². The Morgan fingerprint density at radius 2 is 1.87 bits per heavy atom. The fraction of sp³-hybridized carbons (Fsp3) is 0.522. The zero-order valence-corrected chi connectivity index (χ0v) is 20.7. The highest BCUT2D eigenvalue weighted by atomic mass is 19.4. The monoisotopic (exact) mass is 549 g/mol. The van der Waals surface area contributed by atoms with E-state index in [0.29, 0.717) is 0 Å². The second-order valence-electron chi connectivity index (χ2n) is 8.83. The highest BCUT2D eigenvalue weighted by molar-refractivity contribution is 6.00. The zero-order valence-electron chi connectivity index (χ0n) is 20.7. The van der Waals surface area contributed by atoms with Gasteiger partial charge in [-0.15, -0.1) is 0 Å². The summed E-state index contributed by atoms with van der Waals surface area (Å²) in [6, 6.07) is -0.452. The molecule has 0 radical (unpaired) electrons. The molecule has 0 bridgehead atoms. The van der Waals surface area contributed by atoms with Gasteiger partial charge in [-0.2, -0.15) is 13.2 Å². The first-order valence-corrected chi connectivity index (χ1v) is 11.4. The zero-order chi connectivity index (χ0) is 28.7. The molecule has 1 aromatic heterocycles. The number of halogens is 5. The number of alkyl halides is 5. The van der Waals surface area contributed by atoms with E-state index < -0.39 is 66.5 Å². The van der Waals surface area contributed by atoms with E-state index >= 15 is 0 Å². The van der Waals surface area contributed by atoms with Crippen molar-refractivity contribution in [3.05, 3.63) is 42.2 Å². The number of carbonyl (C=O) groups excluding carboxylic acids is 4. The van der Waals surface area contributed by atoms with Gasteiger partial charge >= 0.3 is 12.3 Å². The summed E-state index contributed by atoms with van der Waals surface area (Å²) in [5.74, 6) is -2.45. The molecule has 15 heteroatoms. The third kappa shape index (κ3) is 8.19. The number of rotatable bonds is 10. The lowest BCUT2D eigenvalue weighted by Gasteiger charge is -2.45. The van der Waals surface area contributed by atoms with Crippen LogP contribution in [0.1, 0.15) is 36.2 Å². The lowest BCUT2D eigenvalue weighted by atomic mass is 9.97. The number of nitrogens with one attached hydrogen (secondary N) is 2. The molecule has 1 fully saturated rings. The van der Waals surface area contributed by atoms with E-state index in [0.717, 1.165) is 23.4 Å². The van der Waals surface area contributed by atoms with E-state index in [4.69, 9.17) is 4.74 Å². The molecule has 0 aromatic carbocycles. The van der Waals surface area contributed by atoms with Crippen molar-refractivity contribution in [2.45, 2.75) is 38.0 Å². The van der Waals surface area contributed by atoms with Gasteiger partial charge in [-0.25, -0.2) is 13.6 Å². The first-order valence-electron chi connectivity index (χ1n) is 11.4. The molecule has 0 unspecified atom stereocenters. The Bertz CT molecular complexity index is 1050. The second kappa shape index (κ2) is 12.8. The van der Waals surface area contributed by atoms with Gasteiger partial charge in [-0.1, -0.05) is 12.7 Å². The minimum atomic E-state index is -4.69. The van der Waals surface area contributed by atoms with Gasteiger partial charge in [0.1, 0.15) is 19.2 Å². The molecule has 1 atom stereocenters. The van der Waals surface area contributed by atoms with Crippen molar-refractivity contribution in [3.63, 3.8) is 0 Å². The molecule has 0 spiro atoms. The summed E-state index contributed by atoms with van der Waals surface area (Å²) < 4.78 is 68.6. The van der Waals surface area contributed by atoms with Crippen molar-refractivity contribution in [2.24, 2.45) is 0 Å². The Labute approximate surface area is 215 Å². The molecular weight excluding hydrogens is 521 g/mol. The third-order valence-corrected chi connectivity index (χ3v) is 5.79. The average Bonchev–Trinajstić information content (AvgIpc) is 2.87. The van der Waals surface area contributed by atoms with Crippen LogP contribution in [0, 0.1) is 0 Å². The molecule has 1 aliphatic heterocycles. The fourth-order valence-electron chi connectivity index (χ4n) is 3.60. The first-order chi connectivity index (χ1) is 17.7. The summed E-state index contributed by atoms with van der Waals surface area (Å²) in [4.78, 5) is 56.4. The molecular formula is C23H28F5N5O5. The van der Waals surface area contributed by atoms with Crippen LogP contribution in [0.3, 0.4) is 0 Å². The SMILES string of the molecule is C=CCOC(=O)N1CCN(C(C)(C)C(=O)NCC(=O)c2cncc(C(F)F)c2)C[C@H]1C(=O)NCC(F)(F)F. The normalized spacial score (nSPS) is 16.6. The Morgan fingerprint density at radius 1 is 1.18 bits per heavy atom. The van der Waals surface area contributed by atoms with Crippen molar-refractivity contribution in [3.8, 4) is 0 Å². The smallest absolute Gasteiger partial charge is 0.410 e. The van der Waals surface area contributed by atoms with Crippen molar-refractivity contribution in [1.82, 2.24) is 25.4 Å². The number of piperazine rings is 1. The molecule has 1 aromatic rings. The van der Waals surface area contributed by atoms with Crippen LogP contribution in [0.2, 0.25) is 0 Å². The van der Waals surface area contributed by atoms with Crippen LogP contribution in [-0.4, -0.2) is 95.6 Å². The number of Topliss-reactive ketones (excluding diaryl/α,β-unsaturated/α-hetero) is 1. The Kier molecular flexibility index (Phi) is 10.3. The predicted molar refractivity (Wildman–Crippen MR) is 123 cm³/mol. The fourth-order valence-corrected chi connectivity index (χ4v) is 3.60. The summed E-state index contributed by atoms with van der Waals surface area (Å²) in [5, 5.41) is 4.15. The van der Waals surface area contributed by atoms with Gasteiger partial charge in [0.25, 0.3) is 6.43 Å². The average molecular weight is 549 g/mol. The number of carbonyl (C=O) groups is 4. The van der Waals surface area contributed by atoms with Crippen molar-refractivity contribution < 1.29 is 45.9 Å². The number of ketones is 1. The summed E-state index contributed by atoms with van der Waals surface area (Å²) in [5.41, 5.74) is -1.97. The third-order valence-electron chi connectivity index (χ3n) is 5.79. The summed E-state index contributed by atoms with van der Waals surface area (Å²) >= 11 is 0. The number of pyridine rings is 1. The maximum absolute atomic E-state index is 13.0. The topological polar surface area (TPSA) is 121 Å². The molecule has 0 saturated carbocycles. The van der Waals surface area contributed by atoms with Crippen molar-refractivity contribution in [1.29, 1.82) is 0 Å². The van der Waals surface area contributed by atoms with E-state index in [1.165, 1.54) is 24.8 Å². The minimum Gasteiger partial charge on any atom is -0.445 e. The summed E-state index contributed by atoms with van der Waals surface area (Å²) in [6.45, 7) is 3.55.